The Labute approximate surface area is 181 Å². The Bertz CT molecular complexity index is 1030. The van der Waals surface area contributed by atoms with Crippen molar-refractivity contribution in [3.8, 4) is 0 Å². The van der Waals surface area contributed by atoms with Gasteiger partial charge >= 0.3 is 5.97 Å². The smallest absolute Gasteiger partial charge is 0.310 e. The van der Waals surface area contributed by atoms with Gasteiger partial charge in [-0.25, -0.2) is 0 Å². The number of carbonyl (C=O) groups is 3. The molecule has 3 rings (SSSR count). The Morgan fingerprint density at radius 3 is 1.87 bits per heavy atom. The lowest BCUT2D eigenvalue weighted by atomic mass is 9.94. The first kappa shape index (κ1) is 21.8. The molecule has 0 aliphatic rings. The van der Waals surface area contributed by atoms with E-state index in [1.165, 1.54) is 7.11 Å². The van der Waals surface area contributed by atoms with Gasteiger partial charge in [0, 0.05) is 16.8 Å². The maximum atomic E-state index is 12.8. The van der Waals surface area contributed by atoms with Gasteiger partial charge in [-0.2, -0.15) is 0 Å². The molecule has 0 spiro atoms. The summed E-state index contributed by atoms with van der Waals surface area (Å²) in [5.41, 5.74) is 2.34. The number of esters is 1. The van der Waals surface area contributed by atoms with Gasteiger partial charge in [-0.05, 0) is 48.9 Å². The first-order valence-corrected chi connectivity index (χ1v) is 9.89. The van der Waals surface area contributed by atoms with Gasteiger partial charge < -0.3 is 15.4 Å². The van der Waals surface area contributed by atoms with Gasteiger partial charge in [0.1, 0.15) is 0 Å². The summed E-state index contributed by atoms with van der Waals surface area (Å²) in [6.07, 6.45) is 0. The summed E-state index contributed by atoms with van der Waals surface area (Å²) in [4.78, 5) is 37.2. The molecular weight excluding hydrogens is 392 g/mol. The summed E-state index contributed by atoms with van der Waals surface area (Å²) >= 11 is 0. The second-order valence-electron chi connectivity index (χ2n) is 7.07. The molecule has 31 heavy (non-hydrogen) atoms. The lowest BCUT2D eigenvalue weighted by molar-refractivity contribution is -0.145. The summed E-state index contributed by atoms with van der Waals surface area (Å²) in [5, 5.41) is 5.72. The standard InChI is InChI=1S/C25H24N2O4/c1-17(25(30)31-2)22(18-9-5-3-6-10-18)27-24(29)20-13-15-21(16-14-20)26-23(28)19-11-7-4-8-12-19/h3-17,22H,1-2H3,(H,26,28)(H,27,29)/t17-,22-/m0/s1. The number of methoxy groups -OCH3 is 1. The number of rotatable bonds is 7. The molecule has 0 unspecified atom stereocenters. The molecular formula is C25H24N2O4. The van der Waals surface area contributed by atoms with Crippen molar-refractivity contribution in [1.29, 1.82) is 0 Å². The van der Waals surface area contributed by atoms with Crippen LogP contribution >= 0.6 is 0 Å². The van der Waals surface area contributed by atoms with E-state index in [2.05, 4.69) is 10.6 Å². The van der Waals surface area contributed by atoms with Gasteiger partial charge in [0.05, 0.1) is 19.1 Å². The Kier molecular flexibility index (Phi) is 7.17. The fraction of sp³-hybridized carbons (Fsp3) is 0.160. The second kappa shape index (κ2) is 10.2. The van der Waals surface area contributed by atoms with E-state index in [9.17, 15) is 14.4 Å². The molecule has 0 heterocycles. The molecule has 3 aromatic carbocycles. The monoisotopic (exact) mass is 416 g/mol. The normalized spacial score (nSPS) is 12.3. The minimum atomic E-state index is -0.569. The van der Waals surface area contributed by atoms with E-state index in [1.54, 1.807) is 55.5 Å². The van der Waals surface area contributed by atoms with E-state index in [4.69, 9.17) is 4.74 Å². The maximum Gasteiger partial charge on any atom is 0.310 e. The largest absolute Gasteiger partial charge is 0.469 e. The second-order valence-corrected chi connectivity index (χ2v) is 7.07. The quantitative estimate of drug-likeness (QED) is 0.565. The number of benzene rings is 3. The molecule has 6 nitrogen and oxygen atoms in total. The van der Waals surface area contributed by atoms with Crippen LogP contribution in [0.5, 0.6) is 0 Å². The number of carbonyl (C=O) groups excluding carboxylic acids is 3. The molecule has 0 saturated heterocycles. The molecule has 0 saturated carbocycles. The zero-order valence-corrected chi connectivity index (χ0v) is 17.4. The SMILES string of the molecule is COC(=O)[C@@H](C)[C@H](NC(=O)c1ccc(NC(=O)c2ccccc2)cc1)c1ccccc1. The van der Waals surface area contributed by atoms with Crippen molar-refractivity contribution in [3.63, 3.8) is 0 Å². The number of nitrogens with one attached hydrogen (secondary N) is 2. The van der Waals surface area contributed by atoms with Gasteiger partial charge in [-0.15, -0.1) is 0 Å². The Morgan fingerprint density at radius 2 is 1.29 bits per heavy atom. The van der Waals surface area contributed by atoms with Gasteiger partial charge in [0.2, 0.25) is 0 Å². The molecule has 2 atom stereocenters. The van der Waals surface area contributed by atoms with Crippen molar-refractivity contribution in [3.05, 3.63) is 102 Å². The van der Waals surface area contributed by atoms with Crippen LogP contribution in [0.15, 0.2) is 84.9 Å². The summed E-state index contributed by atoms with van der Waals surface area (Å²) in [7, 11) is 1.32. The summed E-state index contributed by atoms with van der Waals surface area (Å²) in [6.45, 7) is 1.71. The topological polar surface area (TPSA) is 84.5 Å². The number of hydrogen-bond acceptors (Lipinski definition) is 4. The van der Waals surface area contributed by atoms with Crippen molar-refractivity contribution >= 4 is 23.5 Å². The molecule has 6 heteroatoms. The van der Waals surface area contributed by atoms with Crippen LogP contribution in [-0.4, -0.2) is 24.9 Å². The lowest BCUT2D eigenvalue weighted by Gasteiger charge is -2.24. The van der Waals surface area contributed by atoms with E-state index in [0.29, 0.717) is 16.8 Å². The highest BCUT2D eigenvalue weighted by molar-refractivity contribution is 6.04. The fourth-order valence-electron chi connectivity index (χ4n) is 3.20. The first-order chi connectivity index (χ1) is 15.0. The third-order valence-electron chi connectivity index (χ3n) is 4.96. The van der Waals surface area contributed by atoms with E-state index in [0.717, 1.165) is 5.56 Å². The van der Waals surface area contributed by atoms with Crippen molar-refractivity contribution in [2.45, 2.75) is 13.0 Å². The molecule has 2 amide bonds. The van der Waals surface area contributed by atoms with E-state index >= 15 is 0 Å². The Morgan fingerprint density at radius 1 is 0.742 bits per heavy atom. The maximum absolute atomic E-state index is 12.8. The predicted octanol–water partition coefficient (Wildman–Crippen LogP) is 4.22. The minimum absolute atomic E-state index is 0.228. The first-order valence-electron chi connectivity index (χ1n) is 9.89. The minimum Gasteiger partial charge on any atom is -0.469 e. The van der Waals surface area contributed by atoms with E-state index in [1.807, 2.05) is 36.4 Å². The average Bonchev–Trinajstić information content (AvgIpc) is 2.83. The van der Waals surface area contributed by atoms with Crippen molar-refractivity contribution in [2.24, 2.45) is 5.92 Å². The Balaban J connectivity index is 1.72. The molecule has 0 aliphatic carbocycles. The molecule has 0 aliphatic heterocycles. The molecule has 0 radical (unpaired) electrons. The van der Waals surface area contributed by atoms with Crippen LogP contribution in [0.4, 0.5) is 5.69 Å². The molecule has 0 fully saturated rings. The van der Waals surface area contributed by atoms with Crippen LogP contribution in [-0.2, 0) is 9.53 Å². The molecule has 158 valence electrons. The van der Waals surface area contributed by atoms with E-state index in [-0.39, 0.29) is 11.8 Å². The number of ether oxygens (including phenoxy) is 1. The summed E-state index contributed by atoms with van der Waals surface area (Å²) in [6, 6.07) is 24.2. The zero-order chi connectivity index (χ0) is 22.2. The summed E-state index contributed by atoms with van der Waals surface area (Å²) < 4.78 is 4.86. The third-order valence-corrected chi connectivity index (χ3v) is 4.96. The highest BCUT2D eigenvalue weighted by Crippen LogP contribution is 2.24. The lowest BCUT2D eigenvalue weighted by Crippen LogP contribution is -2.36. The van der Waals surface area contributed by atoms with E-state index < -0.39 is 17.9 Å². The predicted molar refractivity (Wildman–Crippen MR) is 119 cm³/mol. The molecule has 0 bridgehead atoms. The van der Waals surface area contributed by atoms with Gasteiger partial charge in [0.15, 0.2) is 0 Å². The van der Waals surface area contributed by atoms with Crippen molar-refractivity contribution in [1.82, 2.24) is 5.32 Å². The zero-order valence-electron chi connectivity index (χ0n) is 17.4. The molecule has 2 N–H and O–H groups in total. The molecule has 0 aromatic heterocycles. The van der Waals surface area contributed by atoms with Crippen LogP contribution in [0.2, 0.25) is 0 Å². The molecule has 3 aromatic rings. The van der Waals surface area contributed by atoms with Gasteiger partial charge in [0.25, 0.3) is 11.8 Å². The van der Waals surface area contributed by atoms with Crippen molar-refractivity contribution < 1.29 is 19.1 Å². The number of amides is 2. The van der Waals surface area contributed by atoms with Crippen LogP contribution < -0.4 is 10.6 Å². The van der Waals surface area contributed by atoms with Crippen molar-refractivity contribution in [2.75, 3.05) is 12.4 Å². The summed E-state index contributed by atoms with van der Waals surface area (Å²) in [5.74, 6) is -1.53. The fourth-order valence-corrected chi connectivity index (χ4v) is 3.20. The third kappa shape index (κ3) is 5.57. The Hall–Kier alpha value is -3.93. The highest BCUT2D eigenvalue weighted by atomic mass is 16.5. The number of anilines is 1. The average molecular weight is 416 g/mol. The van der Waals surface area contributed by atoms with Crippen LogP contribution in [0, 0.1) is 5.92 Å². The van der Waals surface area contributed by atoms with Crippen LogP contribution in [0.25, 0.3) is 0 Å². The number of hydrogen-bond donors (Lipinski definition) is 2. The van der Waals surface area contributed by atoms with Crippen LogP contribution in [0.1, 0.15) is 39.2 Å². The van der Waals surface area contributed by atoms with Gasteiger partial charge in [-0.1, -0.05) is 48.5 Å². The van der Waals surface area contributed by atoms with Crippen LogP contribution in [0.3, 0.4) is 0 Å². The van der Waals surface area contributed by atoms with Gasteiger partial charge in [-0.3, -0.25) is 14.4 Å². The highest BCUT2D eigenvalue weighted by Gasteiger charge is 2.28.